The highest BCUT2D eigenvalue weighted by Gasteiger charge is 2.30. The summed E-state index contributed by atoms with van der Waals surface area (Å²) in [6.45, 7) is 2.66. The molecule has 1 fully saturated rings. The van der Waals surface area contributed by atoms with Crippen LogP contribution in [0.25, 0.3) is 22.5 Å². The Labute approximate surface area is 194 Å². The first-order valence-electron chi connectivity index (χ1n) is 11.1. The van der Waals surface area contributed by atoms with Crippen LogP contribution in [0.3, 0.4) is 0 Å². The molecule has 4 aromatic heterocycles. The summed E-state index contributed by atoms with van der Waals surface area (Å²) in [5.41, 5.74) is 4.56. The van der Waals surface area contributed by atoms with Crippen molar-refractivity contribution < 1.29 is 8.78 Å². The summed E-state index contributed by atoms with van der Waals surface area (Å²) in [5, 5.41) is 8.92. The number of aryl methyl sites for hydroxylation is 1. The van der Waals surface area contributed by atoms with Crippen LogP contribution in [0.2, 0.25) is 0 Å². The number of hydrogen-bond acceptors (Lipinski definition) is 5. The summed E-state index contributed by atoms with van der Waals surface area (Å²) in [6, 6.07) is 9.16. The highest BCUT2D eigenvalue weighted by atomic mass is 19.1. The quantitative estimate of drug-likeness (QED) is 0.384. The molecule has 0 aliphatic carbocycles. The van der Waals surface area contributed by atoms with E-state index in [1.54, 1.807) is 21.6 Å². The SMILES string of the molecule is Cc1ccc(-c2cnn(-c3cnn4ccc(N5CCC[C@@H]5c5cc(F)ccc5F)nc34)c2)cn1. The molecule has 6 rings (SSSR count). The molecule has 34 heavy (non-hydrogen) atoms. The number of aromatic nitrogens is 6. The first-order chi connectivity index (χ1) is 16.6. The van der Waals surface area contributed by atoms with Gasteiger partial charge in [0.05, 0.1) is 18.4 Å². The zero-order valence-corrected chi connectivity index (χ0v) is 18.4. The van der Waals surface area contributed by atoms with Gasteiger partial charge in [-0.2, -0.15) is 10.2 Å². The zero-order valence-electron chi connectivity index (χ0n) is 18.4. The van der Waals surface area contributed by atoms with E-state index < -0.39 is 11.6 Å². The van der Waals surface area contributed by atoms with Crippen LogP contribution < -0.4 is 4.90 Å². The molecular weight excluding hydrogens is 436 g/mol. The van der Waals surface area contributed by atoms with E-state index in [2.05, 4.69) is 15.2 Å². The Hall–Kier alpha value is -4.14. The predicted octanol–water partition coefficient (Wildman–Crippen LogP) is 4.91. The van der Waals surface area contributed by atoms with Crippen molar-refractivity contribution in [2.75, 3.05) is 11.4 Å². The summed E-state index contributed by atoms with van der Waals surface area (Å²) in [5.74, 6) is -0.155. The number of nitrogens with zero attached hydrogens (tertiary/aromatic N) is 7. The van der Waals surface area contributed by atoms with Crippen molar-refractivity contribution >= 4 is 11.5 Å². The Morgan fingerprint density at radius 2 is 1.88 bits per heavy atom. The van der Waals surface area contributed by atoms with Crippen LogP contribution in [0, 0.1) is 18.6 Å². The number of fused-ring (bicyclic) bond motifs is 1. The molecule has 7 nitrogen and oxygen atoms in total. The second-order valence-electron chi connectivity index (χ2n) is 8.46. The molecule has 0 amide bonds. The minimum absolute atomic E-state index is 0.276. The van der Waals surface area contributed by atoms with Crippen molar-refractivity contribution in [3.63, 3.8) is 0 Å². The van der Waals surface area contributed by atoms with Gasteiger partial charge in [-0.3, -0.25) is 4.98 Å². The number of hydrogen-bond donors (Lipinski definition) is 0. The molecule has 0 bridgehead atoms. The smallest absolute Gasteiger partial charge is 0.183 e. The van der Waals surface area contributed by atoms with Gasteiger partial charge >= 0.3 is 0 Å². The summed E-state index contributed by atoms with van der Waals surface area (Å²) in [7, 11) is 0. The largest absolute Gasteiger partial charge is 0.349 e. The van der Waals surface area contributed by atoms with Crippen LogP contribution in [-0.4, -0.2) is 35.9 Å². The monoisotopic (exact) mass is 457 g/mol. The molecule has 0 radical (unpaired) electrons. The van der Waals surface area contributed by atoms with Gasteiger partial charge in [0.2, 0.25) is 0 Å². The lowest BCUT2D eigenvalue weighted by Gasteiger charge is -2.26. The maximum Gasteiger partial charge on any atom is 0.183 e. The standard InChI is InChI=1S/C25H21F2N7/c1-16-4-5-17(12-28-16)18-13-29-34(15-18)23-14-30-33-10-8-24(31-25(23)33)32-9-2-3-22(32)20-11-19(26)6-7-21(20)27/h4-8,10-15,22H,2-3,9H2,1H3/t22-/m1/s1. The summed E-state index contributed by atoms with van der Waals surface area (Å²) in [6.07, 6.45) is 10.7. The van der Waals surface area contributed by atoms with Crippen molar-refractivity contribution in [1.29, 1.82) is 0 Å². The average Bonchev–Trinajstić information content (AvgIpc) is 3.60. The Morgan fingerprint density at radius 1 is 0.971 bits per heavy atom. The van der Waals surface area contributed by atoms with E-state index in [1.807, 2.05) is 48.6 Å². The maximum absolute atomic E-state index is 14.5. The number of benzene rings is 1. The van der Waals surface area contributed by atoms with E-state index in [9.17, 15) is 8.78 Å². The van der Waals surface area contributed by atoms with Crippen molar-refractivity contribution in [2.45, 2.75) is 25.8 Å². The van der Waals surface area contributed by atoms with Crippen LogP contribution in [0.1, 0.15) is 30.1 Å². The third kappa shape index (κ3) is 3.49. The number of pyridine rings is 1. The Bertz CT molecular complexity index is 1490. The molecule has 170 valence electrons. The third-order valence-electron chi connectivity index (χ3n) is 6.27. The minimum atomic E-state index is -0.442. The summed E-state index contributed by atoms with van der Waals surface area (Å²) in [4.78, 5) is 11.2. The molecule has 1 aromatic carbocycles. The lowest BCUT2D eigenvalue weighted by Crippen LogP contribution is -2.24. The molecule has 1 atom stereocenters. The molecular formula is C25H21F2N7. The second kappa shape index (κ2) is 8.02. The molecule has 0 saturated carbocycles. The van der Waals surface area contributed by atoms with E-state index in [0.717, 1.165) is 41.4 Å². The van der Waals surface area contributed by atoms with Crippen molar-refractivity contribution in [3.8, 4) is 16.8 Å². The topological polar surface area (TPSA) is 64.1 Å². The van der Waals surface area contributed by atoms with Gasteiger partial charge in [0.15, 0.2) is 5.65 Å². The van der Waals surface area contributed by atoms with Gasteiger partial charge in [-0.1, -0.05) is 6.07 Å². The van der Waals surface area contributed by atoms with Gasteiger partial charge in [0.25, 0.3) is 0 Å². The molecule has 5 aromatic rings. The van der Waals surface area contributed by atoms with Gasteiger partial charge < -0.3 is 4.90 Å². The fourth-order valence-electron chi connectivity index (χ4n) is 4.55. The Balaban J connectivity index is 1.37. The van der Waals surface area contributed by atoms with Crippen LogP contribution in [0.15, 0.2) is 67.4 Å². The van der Waals surface area contributed by atoms with E-state index >= 15 is 0 Å². The van der Waals surface area contributed by atoms with E-state index in [1.165, 1.54) is 12.1 Å². The molecule has 5 heterocycles. The summed E-state index contributed by atoms with van der Waals surface area (Å²) >= 11 is 0. The van der Waals surface area contributed by atoms with Crippen LogP contribution in [0.5, 0.6) is 0 Å². The van der Waals surface area contributed by atoms with Crippen LogP contribution >= 0.6 is 0 Å². The van der Waals surface area contributed by atoms with Gasteiger partial charge in [-0.15, -0.1) is 0 Å². The van der Waals surface area contributed by atoms with Crippen molar-refractivity contribution in [1.82, 2.24) is 29.4 Å². The molecule has 0 unspecified atom stereocenters. The normalized spacial score (nSPS) is 16.0. The van der Waals surface area contributed by atoms with Gasteiger partial charge in [0, 0.05) is 47.5 Å². The van der Waals surface area contributed by atoms with E-state index in [-0.39, 0.29) is 6.04 Å². The first kappa shape index (κ1) is 20.5. The lowest BCUT2D eigenvalue weighted by atomic mass is 10.0. The second-order valence-corrected chi connectivity index (χ2v) is 8.46. The molecule has 0 N–H and O–H groups in total. The lowest BCUT2D eigenvalue weighted by molar-refractivity contribution is 0.560. The zero-order chi connectivity index (χ0) is 23.2. The van der Waals surface area contributed by atoms with Gasteiger partial charge in [-0.05, 0) is 50.1 Å². The molecule has 9 heteroatoms. The molecule has 1 aliphatic heterocycles. The molecule has 0 spiro atoms. The molecule has 1 saturated heterocycles. The average molecular weight is 457 g/mol. The first-order valence-corrected chi connectivity index (χ1v) is 11.1. The Kier molecular flexibility index (Phi) is 4.83. The van der Waals surface area contributed by atoms with E-state index in [0.29, 0.717) is 23.6 Å². The fraction of sp³-hybridized carbons (Fsp3) is 0.200. The van der Waals surface area contributed by atoms with Gasteiger partial charge in [-0.25, -0.2) is 23.0 Å². The number of anilines is 1. The maximum atomic E-state index is 14.5. The van der Waals surface area contributed by atoms with Gasteiger partial charge in [0.1, 0.15) is 23.1 Å². The number of halogens is 2. The minimum Gasteiger partial charge on any atom is -0.349 e. The van der Waals surface area contributed by atoms with Crippen molar-refractivity contribution in [2.24, 2.45) is 0 Å². The van der Waals surface area contributed by atoms with Crippen LogP contribution in [-0.2, 0) is 0 Å². The fourth-order valence-corrected chi connectivity index (χ4v) is 4.55. The summed E-state index contributed by atoms with van der Waals surface area (Å²) < 4.78 is 31.8. The Morgan fingerprint density at radius 3 is 2.74 bits per heavy atom. The third-order valence-corrected chi connectivity index (χ3v) is 6.27. The molecule has 1 aliphatic rings. The van der Waals surface area contributed by atoms with Crippen molar-refractivity contribution in [3.05, 3.63) is 90.3 Å². The highest BCUT2D eigenvalue weighted by molar-refractivity contribution is 5.65. The predicted molar refractivity (Wildman–Crippen MR) is 124 cm³/mol. The highest BCUT2D eigenvalue weighted by Crippen LogP contribution is 2.37. The van der Waals surface area contributed by atoms with E-state index in [4.69, 9.17) is 4.98 Å². The number of rotatable bonds is 4. The van der Waals surface area contributed by atoms with Crippen LogP contribution in [0.4, 0.5) is 14.6 Å².